The van der Waals surface area contributed by atoms with Crippen molar-refractivity contribution in [3.05, 3.63) is 47.8 Å². The molecule has 0 unspecified atom stereocenters. The van der Waals surface area contributed by atoms with E-state index in [9.17, 15) is 4.79 Å². The molecule has 24 heavy (non-hydrogen) atoms. The van der Waals surface area contributed by atoms with Gasteiger partial charge >= 0.3 is 0 Å². The second-order valence-corrected chi connectivity index (χ2v) is 5.82. The molecule has 1 N–H and O–H groups in total. The number of benzene rings is 1. The van der Waals surface area contributed by atoms with Crippen LogP contribution >= 0.6 is 0 Å². The summed E-state index contributed by atoms with van der Waals surface area (Å²) < 4.78 is 0. The van der Waals surface area contributed by atoms with E-state index in [1.807, 2.05) is 6.07 Å². The lowest BCUT2D eigenvalue weighted by Crippen LogP contribution is -2.26. The first-order valence-corrected chi connectivity index (χ1v) is 8.15. The van der Waals surface area contributed by atoms with Crippen molar-refractivity contribution in [2.24, 2.45) is 0 Å². The Bertz CT molecular complexity index is 725. The van der Waals surface area contributed by atoms with E-state index >= 15 is 0 Å². The topological polar surface area (TPSA) is 81.9 Å². The van der Waals surface area contributed by atoms with Crippen LogP contribution in [-0.4, -0.2) is 29.0 Å². The quantitative estimate of drug-likeness (QED) is 0.940. The molecular weight excluding hydrogens is 302 g/mol. The smallest absolute Gasteiger partial charge is 0.258 e. The maximum atomic E-state index is 12.2. The molecule has 122 valence electrons. The fourth-order valence-electron chi connectivity index (χ4n) is 2.70. The molecule has 0 aliphatic carbocycles. The van der Waals surface area contributed by atoms with E-state index in [1.165, 1.54) is 12.8 Å². The molecule has 1 aromatic carbocycles. The van der Waals surface area contributed by atoms with Crippen molar-refractivity contribution < 1.29 is 4.79 Å². The molecule has 0 atom stereocenters. The van der Waals surface area contributed by atoms with Crippen molar-refractivity contribution in [3.8, 4) is 6.07 Å². The Hall–Kier alpha value is -2.94. The van der Waals surface area contributed by atoms with Crippen molar-refractivity contribution in [2.45, 2.75) is 25.7 Å². The number of nitriles is 1. The van der Waals surface area contributed by atoms with Gasteiger partial charge in [0.25, 0.3) is 5.91 Å². The monoisotopic (exact) mass is 321 g/mol. The van der Waals surface area contributed by atoms with Crippen LogP contribution in [0.1, 0.15) is 41.6 Å². The van der Waals surface area contributed by atoms with E-state index in [4.69, 9.17) is 5.26 Å². The van der Waals surface area contributed by atoms with Crippen LogP contribution in [0, 0.1) is 11.3 Å². The predicted molar refractivity (Wildman–Crippen MR) is 91.8 cm³/mol. The van der Waals surface area contributed by atoms with E-state index in [0.717, 1.165) is 25.9 Å². The molecule has 1 aliphatic rings. The van der Waals surface area contributed by atoms with Crippen molar-refractivity contribution in [1.82, 2.24) is 9.97 Å². The normalized spacial score (nSPS) is 14.5. The fraction of sp³-hybridized carbons (Fsp3) is 0.333. The minimum Gasteiger partial charge on any atom is -0.341 e. The molecule has 6 heteroatoms. The zero-order valence-corrected chi connectivity index (χ0v) is 13.4. The van der Waals surface area contributed by atoms with Gasteiger partial charge in [-0.1, -0.05) is 12.8 Å². The number of carbonyl (C=O) groups is 1. The fourth-order valence-corrected chi connectivity index (χ4v) is 2.70. The first-order chi connectivity index (χ1) is 11.8. The molecule has 2 heterocycles. The van der Waals surface area contributed by atoms with Gasteiger partial charge in [-0.05, 0) is 37.1 Å². The van der Waals surface area contributed by atoms with Gasteiger partial charge in [0.1, 0.15) is 0 Å². The summed E-state index contributed by atoms with van der Waals surface area (Å²) in [6.07, 6.45) is 7.94. The number of carbonyl (C=O) groups excluding carboxylic acids is 1. The molecule has 0 bridgehead atoms. The molecule has 1 saturated heterocycles. The Kier molecular flexibility index (Phi) is 5.02. The first-order valence-electron chi connectivity index (χ1n) is 8.15. The molecule has 0 saturated carbocycles. The average Bonchev–Trinajstić information content (AvgIpc) is 2.92. The highest BCUT2D eigenvalue weighted by atomic mass is 16.1. The third-order valence-electron chi connectivity index (χ3n) is 4.06. The van der Waals surface area contributed by atoms with Gasteiger partial charge in [-0.25, -0.2) is 9.97 Å². The van der Waals surface area contributed by atoms with Crippen molar-refractivity contribution >= 4 is 17.5 Å². The maximum absolute atomic E-state index is 12.2. The lowest BCUT2D eigenvalue weighted by atomic mass is 10.2. The summed E-state index contributed by atoms with van der Waals surface area (Å²) in [5.74, 6) is 0.425. The van der Waals surface area contributed by atoms with Crippen LogP contribution < -0.4 is 10.2 Å². The van der Waals surface area contributed by atoms with Gasteiger partial charge in [0, 0.05) is 31.2 Å². The second kappa shape index (κ2) is 7.55. The van der Waals surface area contributed by atoms with Crippen LogP contribution in [0.15, 0.2) is 36.7 Å². The number of nitrogens with zero attached hydrogens (tertiary/aromatic N) is 4. The first kappa shape index (κ1) is 15.9. The Morgan fingerprint density at radius 3 is 2.25 bits per heavy atom. The Morgan fingerprint density at radius 2 is 1.67 bits per heavy atom. The number of amides is 1. The number of hydrogen-bond acceptors (Lipinski definition) is 5. The molecular formula is C18H19N5O. The van der Waals surface area contributed by atoms with Gasteiger partial charge < -0.3 is 10.2 Å². The average molecular weight is 321 g/mol. The SMILES string of the molecule is N#Cc1ccc(NC(=O)c2cnc(N3CCCCCC3)nc2)cc1. The Balaban J connectivity index is 1.65. The van der Waals surface area contributed by atoms with Gasteiger partial charge in [0.05, 0.1) is 17.2 Å². The van der Waals surface area contributed by atoms with E-state index < -0.39 is 0 Å². The summed E-state index contributed by atoms with van der Waals surface area (Å²) in [6.45, 7) is 1.94. The third kappa shape index (κ3) is 3.87. The zero-order valence-electron chi connectivity index (χ0n) is 13.4. The van der Waals surface area contributed by atoms with E-state index in [-0.39, 0.29) is 5.91 Å². The highest BCUT2D eigenvalue weighted by molar-refractivity contribution is 6.03. The number of rotatable bonds is 3. The minimum absolute atomic E-state index is 0.262. The van der Waals surface area contributed by atoms with Gasteiger partial charge in [-0.15, -0.1) is 0 Å². The van der Waals surface area contributed by atoms with Gasteiger partial charge in [0.2, 0.25) is 5.95 Å². The zero-order chi connectivity index (χ0) is 16.8. The second-order valence-electron chi connectivity index (χ2n) is 5.82. The molecule has 1 aliphatic heterocycles. The Morgan fingerprint density at radius 1 is 1.04 bits per heavy atom. The molecule has 0 spiro atoms. The summed E-state index contributed by atoms with van der Waals surface area (Å²) in [4.78, 5) is 23.1. The number of hydrogen-bond donors (Lipinski definition) is 1. The summed E-state index contributed by atoms with van der Waals surface area (Å²) in [5, 5.41) is 11.6. The number of aromatic nitrogens is 2. The number of anilines is 2. The molecule has 1 amide bonds. The Labute approximate surface area is 141 Å². The maximum Gasteiger partial charge on any atom is 0.258 e. The summed E-state index contributed by atoms with van der Waals surface area (Å²) in [6, 6.07) is 8.76. The van der Waals surface area contributed by atoms with Gasteiger partial charge in [-0.2, -0.15) is 5.26 Å². The van der Waals surface area contributed by atoms with E-state index in [1.54, 1.807) is 36.7 Å². The standard InChI is InChI=1S/C18H19N5O/c19-11-14-5-7-16(8-6-14)22-17(24)15-12-20-18(21-13-15)23-9-3-1-2-4-10-23/h5-8,12-13H,1-4,9-10H2,(H,22,24). The highest BCUT2D eigenvalue weighted by Crippen LogP contribution is 2.16. The summed E-state index contributed by atoms with van der Waals surface area (Å²) >= 11 is 0. The molecule has 2 aromatic rings. The highest BCUT2D eigenvalue weighted by Gasteiger charge is 2.13. The van der Waals surface area contributed by atoms with Gasteiger partial charge in [-0.3, -0.25) is 4.79 Å². The van der Waals surface area contributed by atoms with Crippen LogP contribution in [-0.2, 0) is 0 Å². The summed E-state index contributed by atoms with van der Waals surface area (Å²) in [5.41, 5.74) is 1.60. The largest absolute Gasteiger partial charge is 0.341 e. The van der Waals surface area contributed by atoms with Crippen LogP contribution in [0.4, 0.5) is 11.6 Å². The van der Waals surface area contributed by atoms with E-state index in [2.05, 4.69) is 20.2 Å². The van der Waals surface area contributed by atoms with Crippen LogP contribution in [0.2, 0.25) is 0 Å². The van der Waals surface area contributed by atoms with Crippen LogP contribution in [0.25, 0.3) is 0 Å². The third-order valence-corrected chi connectivity index (χ3v) is 4.06. The molecule has 0 radical (unpaired) electrons. The molecule has 3 rings (SSSR count). The van der Waals surface area contributed by atoms with Crippen molar-refractivity contribution in [3.63, 3.8) is 0 Å². The van der Waals surface area contributed by atoms with Gasteiger partial charge in [0.15, 0.2) is 0 Å². The van der Waals surface area contributed by atoms with E-state index in [0.29, 0.717) is 22.8 Å². The van der Waals surface area contributed by atoms with Crippen molar-refractivity contribution in [2.75, 3.05) is 23.3 Å². The molecule has 6 nitrogen and oxygen atoms in total. The number of nitrogens with one attached hydrogen (secondary N) is 1. The predicted octanol–water partition coefficient (Wildman–Crippen LogP) is 2.98. The van der Waals surface area contributed by atoms with Crippen molar-refractivity contribution in [1.29, 1.82) is 5.26 Å². The summed E-state index contributed by atoms with van der Waals surface area (Å²) in [7, 11) is 0. The molecule has 1 aromatic heterocycles. The van der Waals surface area contributed by atoms with Crippen LogP contribution in [0.3, 0.4) is 0 Å². The minimum atomic E-state index is -0.262. The molecule has 1 fully saturated rings. The lowest BCUT2D eigenvalue weighted by Gasteiger charge is -2.19. The lowest BCUT2D eigenvalue weighted by molar-refractivity contribution is 0.102. The van der Waals surface area contributed by atoms with Crippen LogP contribution in [0.5, 0.6) is 0 Å².